The number of benzene rings is 1. The number of rotatable bonds is 6. The van der Waals surface area contributed by atoms with Crippen molar-refractivity contribution in [1.29, 1.82) is 0 Å². The Bertz CT molecular complexity index is 425. The number of likely N-dealkylation sites (tertiary alicyclic amines) is 1. The molecule has 4 nitrogen and oxygen atoms in total. The molecule has 1 saturated heterocycles. The zero-order chi connectivity index (χ0) is 14.4. The van der Waals surface area contributed by atoms with E-state index >= 15 is 0 Å². The number of aliphatic hydroxyl groups is 1. The second-order valence-corrected chi connectivity index (χ2v) is 5.65. The van der Waals surface area contributed by atoms with Gasteiger partial charge >= 0.3 is 0 Å². The lowest BCUT2D eigenvalue weighted by molar-refractivity contribution is -0.130. The Morgan fingerprint density at radius 3 is 2.60 bits per heavy atom. The second-order valence-electron chi connectivity index (χ2n) is 5.65. The Morgan fingerprint density at radius 2 is 1.95 bits per heavy atom. The minimum Gasteiger partial charge on any atom is -0.384 e. The molecule has 1 atom stereocenters. The van der Waals surface area contributed by atoms with E-state index in [1.54, 1.807) is 6.92 Å². The van der Waals surface area contributed by atoms with Crippen molar-refractivity contribution in [2.75, 3.05) is 26.2 Å². The van der Waals surface area contributed by atoms with E-state index in [0.717, 1.165) is 31.5 Å². The lowest BCUT2D eigenvalue weighted by Crippen LogP contribution is -2.37. The topological polar surface area (TPSA) is 52.6 Å². The highest BCUT2D eigenvalue weighted by molar-refractivity contribution is 5.76. The summed E-state index contributed by atoms with van der Waals surface area (Å²) in [4.78, 5) is 13.8. The van der Waals surface area contributed by atoms with Crippen molar-refractivity contribution in [3.05, 3.63) is 35.9 Å². The molecule has 1 aromatic carbocycles. The number of hydrogen-bond acceptors (Lipinski definition) is 3. The van der Waals surface area contributed by atoms with Gasteiger partial charge in [-0.15, -0.1) is 0 Å². The standard InChI is InChI=1S/C16H24N2O2/c1-16(20,14-7-3-2-4-8-14)13-17-10-9-15(19)18-11-5-6-12-18/h2-4,7-8,17,20H,5-6,9-13H2,1H3. The lowest BCUT2D eigenvalue weighted by Gasteiger charge is -2.24. The van der Waals surface area contributed by atoms with Crippen molar-refractivity contribution < 1.29 is 9.90 Å². The van der Waals surface area contributed by atoms with Gasteiger partial charge in [-0.05, 0) is 25.3 Å². The number of nitrogens with zero attached hydrogens (tertiary/aromatic N) is 1. The summed E-state index contributed by atoms with van der Waals surface area (Å²) in [5.41, 5.74) is -0.0174. The smallest absolute Gasteiger partial charge is 0.223 e. The third kappa shape index (κ3) is 4.05. The molecule has 2 rings (SSSR count). The molecule has 4 heteroatoms. The van der Waals surface area contributed by atoms with Crippen LogP contribution in [0.3, 0.4) is 0 Å². The van der Waals surface area contributed by atoms with Gasteiger partial charge in [0.2, 0.25) is 5.91 Å². The van der Waals surface area contributed by atoms with Crippen molar-refractivity contribution in [1.82, 2.24) is 10.2 Å². The first-order valence-corrected chi connectivity index (χ1v) is 7.36. The summed E-state index contributed by atoms with van der Waals surface area (Å²) in [7, 11) is 0. The molecular weight excluding hydrogens is 252 g/mol. The summed E-state index contributed by atoms with van der Waals surface area (Å²) in [5.74, 6) is 0.217. The van der Waals surface area contributed by atoms with E-state index in [0.29, 0.717) is 19.5 Å². The van der Waals surface area contributed by atoms with Crippen LogP contribution in [0, 0.1) is 0 Å². The average molecular weight is 276 g/mol. The van der Waals surface area contributed by atoms with Gasteiger partial charge in [-0.2, -0.15) is 0 Å². The molecule has 1 fully saturated rings. The molecule has 0 aliphatic carbocycles. The Hall–Kier alpha value is -1.39. The van der Waals surface area contributed by atoms with E-state index in [1.165, 1.54) is 0 Å². The zero-order valence-electron chi connectivity index (χ0n) is 12.1. The molecule has 0 bridgehead atoms. The van der Waals surface area contributed by atoms with Crippen LogP contribution in [0.1, 0.15) is 31.7 Å². The number of nitrogens with one attached hydrogen (secondary N) is 1. The van der Waals surface area contributed by atoms with Crippen molar-refractivity contribution in [3.63, 3.8) is 0 Å². The monoisotopic (exact) mass is 276 g/mol. The maximum Gasteiger partial charge on any atom is 0.223 e. The molecular formula is C16H24N2O2. The van der Waals surface area contributed by atoms with Gasteiger partial charge in [-0.3, -0.25) is 4.79 Å². The van der Waals surface area contributed by atoms with Gasteiger partial charge in [0.05, 0.1) is 5.60 Å². The maximum absolute atomic E-state index is 11.9. The molecule has 1 aromatic rings. The van der Waals surface area contributed by atoms with Gasteiger partial charge in [-0.25, -0.2) is 0 Å². The highest BCUT2D eigenvalue weighted by Crippen LogP contribution is 2.18. The first kappa shape index (κ1) is 15.0. The molecule has 1 unspecified atom stereocenters. The van der Waals surface area contributed by atoms with Gasteiger partial charge in [0.1, 0.15) is 0 Å². The molecule has 0 spiro atoms. The van der Waals surface area contributed by atoms with Gasteiger partial charge in [0.25, 0.3) is 0 Å². The number of hydrogen-bond donors (Lipinski definition) is 2. The van der Waals surface area contributed by atoms with Crippen LogP contribution >= 0.6 is 0 Å². The predicted molar refractivity (Wildman–Crippen MR) is 79.3 cm³/mol. The van der Waals surface area contributed by atoms with Gasteiger partial charge < -0.3 is 15.3 Å². The highest BCUT2D eigenvalue weighted by atomic mass is 16.3. The van der Waals surface area contributed by atoms with E-state index in [-0.39, 0.29) is 5.91 Å². The normalized spacial score (nSPS) is 18.0. The maximum atomic E-state index is 11.9. The van der Waals surface area contributed by atoms with Crippen molar-refractivity contribution in [3.8, 4) is 0 Å². The van der Waals surface area contributed by atoms with Crippen LogP contribution in [0.25, 0.3) is 0 Å². The number of carbonyl (C=O) groups is 1. The Kier molecular flexibility index (Phi) is 5.15. The molecule has 0 saturated carbocycles. The minimum atomic E-state index is -0.905. The Morgan fingerprint density at radius 1 is 1.30 bits per heavy atom. The fourth-order valence-corrected chi connectivity index (χ4v) is 2.55. The van der Waals surface area contributed by atoms with Crippen molar-refractivity contribution in [2.24, 2.45) is 0 Å². The fraction of sp³-hybridized carbons (Fsp3) is 0.562. The molecule has 20 heavy (non-hydrogen) atoms. The van der Waals surface area contributed by atoms with Crippen LogP contribution in [0.4, 0.5) is 0 Å². The first-order chi connectivity index (χ1) is 9.59. The van der Waals surface area contributed by atoms with Crippen molar-refractivity contribution >= 4 is 5.91 Å². The summed E-state index contributed by atoms with van der Waals surface area (Å²) in [6.07, 6.45) is 2.76. The molecule has 110 valence electrons. The van der Waals surface area contributed by atoms with E-state index in [2.05, 4.69) is 5.32 Å². The quantitative estimate of drug-likeness (QED) is 0.774. The van der Waals surface area contributed by atoms with Gasteiger partial charge in [-0.1, -0.05) is 30.3 Å². The SMILES string of the molecule is CC(O)(CNCCC(=O)N1CCCC1)c1ccccc1. The highest BCUT2D eigenvalue weighted by Gasteiger charge is 2.22. The van der Waals surface area contributed by atoms with E-state index in [9.17, 15) is 9.90 Å². The summed E-state index contributed by atoms with van der Waals surface area (Å²) in [6.45, 7) is 4.65. The predicted octanol–water partition coefficient (Wildman–Crippen LogP) is 1.50. The van der Waals surface area contributed by atoms with Crippen LogP contribution in [0.5, 0.6) is 0 Å². The molecule has 0 radical (unpaired) electrons. The third-order valence-corrected chi connectivity index (χ3v) is 3.84. The fourth-order valence-electron chi connectivity index (χ4n) is 2.55. The molecule has 1 aliphatic rings. The average Bonchev–Trinajstić information content (AvgIpc) is 2.98. The summed E-state index contributed by atoms with van der Waals surface area (Å²) < 4.78 is 0. The molecule has 1 heterocycles. The largest absolute Gasteiger partial charge is 0.384 e. The van der Waals surface area contributed by atoms with E-state index in [4.69, 9.17) is 0 Å². The molecule has 0 aromatic heterocycles. The number of carbonyl (C=O) groups excluding carboxylic acids is 1. The van der Waals surface area contributed by atoms with Crippen molar-refractivity contribution in [2.45, 2.75) is 31.8 Å². The zero-order valence-corrected chi connectivity index (χ0v) is 12.1. The lowest BCUT2D eigenvalue weighted by atomic mass is 9.96. The molecule has 1 aliphatic heterocycles. The Balaban J connectivity index is 1.71. The second kappa shape index (κ2) is 6.86. The van der Waals surface area contributed by atoms with Crippen LogP contribution < -0.4 is 5.32 Å². The summed E-state index contributed by atoms with van der Waals surface area (Å²) in [5, 5.41) is 13.6. The summed E-state index contributed by atoms with van der Waals surface area (Å²) in [6, 6.07) is 9.59. The van der Waals surface area contributed by atoms with Crippen LogP contribution in [0.15, 0.2) is 30.3 Å². The Labute approximate surface area is 120 Å². The van der Waals surface area contributed by atoms with E-state index in [1.807, 2.05) is 35.2 Å². The van der Waals surface area contributed by atoms with Gasteiger partial charge in [0.15, 0.2) is 0 Å². The third-order valence-electron chi connectivity index (χ3n) is 3.84. The van der Waals surface area contributed by atoms with Crippen LogP contribution in [0.2, 0.25) is 0 Å². The summed E-state index contributed by atoms with van der Waals surface area (Å²) >= 11 is 0. The molecule has 2 N–H and O–H groups in total. The van der Waals surface area contributed by atoms with Crippen LogP contribution in [-0.2, 0) is 10.4 Å². The molecule has 1 amide bonds. The van der Waals surface area contributed by atoms with E-state index < -0.39 is 5.60 Å². The minimum absolute atomic E-state index is 0.217. The van der Waals surface area contributed by atoms with Gasteiger partial charge in [0, 0.05) is 32.6 Å². The van der Waals surface area contributed by atoms with Crippen LogP contribution in [-0.4, -0.2) is 42.1 Å². The first-order valence-electron chi connectivity index (χ1n) is 7.36. The number of amides is 1.